The van der Waals surface area contributed by atoms with Crippen LogP contribution in [0.3, 0.4) is 0 Å². The standard InChI is InChI=1S/C11H13BrClN5O2S/c1-6(11-16-15-5-18(11)2)17-21(19,20)9-4-7(13)3-8(14)10(9)12/h3-6,17H,14H2,1-2H3. The Morgan fingerprint density at radius 2 is 2.14 bits per heavy atom. The summed E-state index contributed by atoms with van der Waals surface area (Å²) in [5, 5.41) is 7.83. The summed E-state index contributed by atoms with van der Waals surface area (Å²) in [5.41, 5.74) is 5.96. The van der Waals surface area contributed by atoms with Crippen molar-refractivity contribution in [3.8, 4) is 0 Å². The average molecular weight is 395 g/mol. The fraction of sp³-hybridized carbons (Fsp3) is 0.273. The Morgan fingerprint density at radius 1 is 1.48 bits per heavy atom. The number of rotatable bonds is 4. The maximum absolute atomic E-state index is 12.5. The zero-order valence-electron chi connectivity index (χ0n) is 11.2. The summed E-state index contributed by atoms with van der Waals surface area (Å²) in [6, 6.07) is 2.24. The lowest BCUT2D eigenvalue weighted by Gasteiger charge is -2.15. The highest BCUT2D eigenvalue weighted by Gasteiger charge is 2.24. The molecule has 0 fully saturated rings. The van der Waals surface area contributed by atoms with E-state index in [4.69, 9.17) is 17.3 Å². The number of nitrogen functional groups attached to an aromatic ring is 1. The van der Waals surface area contributed by atoms with Gasteiger partial charge in [-0.2, -0.15) is 0 Å². The molecule has 1 aromatic heterocycles. The van der Waals surface area contributed by atoms with Gasteiger partial charge >= 0.3 is 0 Å². The fourth-order valence-electron chi connectivity index (χ4n) is 1.81. The number of hydrogen-bond donors (Lipinski definition) is 2. The number of halogens is 2. The van der Waals surface area contributed by atoms with Gasteiger partial charge in [0.1, 0.15) is 12.2 Å². The highest BCUT2D eigenvalue weighted by molar-refractivity contribution is 9.10. The van der Waals surface area contributed by atoms with E-state index in [1.54, 1.807) is 18.5 Å². The molecule has 10 heteroatoms. The van der Waals surface area contributed by atoms with Crippen molar-refractivity contribution >= 4 is 43.2 Å². The van der Waals surface area contributed by atoms with Crippen LogP contribution in [0, 0.1) is 0 Å². The van der Waals surface area contributed by atoms with Gasteiger partial charge in [-0.1, -0.05) is 11.6 Å². The molecule has 0 aliphatic rings. The minimum atomic E-state index is -3.82. The minimum absolute atomic E-state index is 0.0264. The second kappa shape index (κ2) is 5.91. The summed E-state index contributed by atoms with van der Waals surface area (Å²) in [5.74, 6) is 0.490. The second-order valence-electron chi connectivity index (χ2n) is 4.45. The quantitative estimate of drug-likeness (QED) is 0.770. The van der Waals surface area contributed by atoms with E-state index >= 15 is 0 Å². The molecule has 0 aliphatic carbocycles. The van der Waals surface area contributed by atoms with E-state index in [0.29, 0.717) is 5.82 Å². The van der Waals surface area contributed by atoms with Crippen molar-refractivity contribution in [3.05, 3.63) is 33.8 Å². The summed E-state index contributed by atoms with van der Waals surface area (Å²) in [4.78, 5) is -0.0264. The van der Waals surface area contributed by atoms with Crippen molar-refractivity contribution in [3.63, 3.8) is 0 Å². The lowest BCUT2D eigenvalue weighted by molar-refractivity contribution is 0.553. The van der Waals surface area contributed by atoms with Gasteiger partial charge in [-0.05, 0) is 35.0 Å². The molecule has 21 heavy (non-hydrogen) atoms. The lowest BCUT2D eigenvalue weighted by Crippen LogP contribution is -2.29. The molecular formula is C11H13BrClN5O2S. The number of benzene rings is 1. The van der Waals surface area contributed by atoms with Gasteiger partial charge in [-0.15, -0.1) is 10.2 Å². The summed E-state index contributed by atoms with van der Waals surface area (Å²) >= 11 is 9.04. The van der Waals surface area contributed by atoms with Crippen molar-refractivity contribution in [1.82, 2.24) is 19.5 Å². The average Bonchev–Trinajstić information content (AvgIpc) is 2.79. The molecule has 1 heterocycles. The highest BCUT2D eigenvalue weighted by atomic mass is 79.9. The normalized spacial score (nSPS) is 13.3. The van der Waals surface area contributed by atoms with Gasteiger partial charge in [0.25, 0.3) is 0 Å². The Morgan fingerprint density at radius 3 is 2.71 bits per heavy atom. The van der Waals surface area contributed by atoms with Gasteiger partial charge in [-0.25, -0.2) is 13.1 Å². The molecule has 1 aromatic carbocycles. The van der Waals surface area contributed by atoms with Crippen molar-refractivity contribution in [2.75, 3.05) is 5.73 Å². The summed E-state index contributed by atoms with van der Waals surface area (Å²) in [7, 11) is -2.09. The molecule has 1 atom stereocenters. The molecular weight excluding hydrogens is 382 g/mol. The molecule has 3 N–H and O–H groups in total. The number of anilines is 1. The monoisotopic (exact) mass is 393 g/mol. The Hall–Kier alpha value is -1.16. The number of nitrogens with zero attached hydrogens (tertiary/aromatic N) is 3. The molecule has 0 radical (unpaired) electrons. The number of hydrogen-bond acceptors (Lipinski definition) is 5. The molecule has 0 spiro atoms. The third-order valence-electron chi connectivity index (χ3n) is 2.79. The maximum atomic E-state index is 12.5. The predicted molar refractivity (Wildman–Crippen MR) is 83.3 cm³/mol. The first-order valence-electron chi connectivity index (χ1n) is 5.83. The molecule has 7 nitrogen and oxygen atoms in total. The second-order valence-corrected chi connectivity index (χ2v) is 7.36. The smallest absolute Gasteiger partial charge is 0.242 e. The van der Waals surface area contributed by atoms with Crippen molar-refractivity contribution < 1.29 is 8.42 Å². The van der Waals surface area contributed by atoms with Gasteiger partial charge in [0, 0.05) is 17.8 Å². The third kappa shape index (κ3) is 3.37. The van der Waals surface area contributed by atoms with Gasteiger partial charge in [0.05, 0.1) is 15.4 Å². The Balaban J connectivity index is 2.38. The Labute approximate surface area is 135 Å². The van der Waals surface area contributed by atoms with E-state index in [1.165, 1.54) is 18.5 Å². The van der Waals surface area contributed by atoms with E-state index in [2.05, 4.69) is 30.8 Å². The maximum Gasteiger partial charge on any atom is 0.242 e. The zero-order chi connectivity index (χ0) is 15.8. The third-order valence-corrected chi connectivity index (χ3v) is 5.72. The van der Waals surface area contributed by atoms with Crippen LogP contribution in [0.15, 0.2) is 27.8 Å². The molecule has 1 unspecified atom stereocenters. The molecule has 2 rings (SSSR count). The number of sulfonamides is 1. The van der Waals surface area contributed by atoms with Crippen LogP contribution >= 0.6 is 27.5 Å². The molecule has 2 aromatic rings. The molecule has 0 bridgehead atoms. The van der Waals surface area contributed by atoms with E-state index in [-0.39, 0.29) is 20.1 Å². The van der Waals surface area contributed by atoms with Crippen LogP contribution in [0.5, 0.6) is 0 Å². The fourth-order valence-corrected chi connectivity index (χ4v) is 4.31. The highest BCUT2D eigenvalue weighted by Crippen LogP contribution is 2.32. The molecule has 114 valence electrons. The van der Waals surface area contributed by atoms with Gasteiger partial charge in [0.15, 0.2) is 0 Å². The number of aryl methyl sites for hydroxylation is 1. The topological polar surface area (TPSA) is 103 Å². The largest absolute Gasteiger partial charge is 0.398 e. The van der Waals surface area contributed by atoms with E-state index < -0.39 is 16.1 Å². The molecule has 0 saturated carbocycles. The zero-order valence-corrected chi connectivity index (χ0v) is 14.4. The van der Waals surface area contributed by atoms with Gasteiger partial charge < -0.3 is 10.3 Å². The summed E-state index contributed by atoms with van der Waals surface area (Å²) in [6.07, 6.45) is 1.49. The van der Waals surface area contributed by atoms with Crippen LogP contribution in [-0.4, -0.2) is 23.2 Å². The number of aromatic nitrogens is 3. The molecule has 0 amide bonds. The van der Waals surface area contributed by atoms with E-state index in [1.807, 2.05) is 0 Å². The molecule has 0 saturated heterocycles. The van der Waals surface area contributed by atoms with E-state index in [0.717, 1.165) is 0 Å². The van der Waals surface area contributed by atoms with Crippen molar-refractivity contribution in [1.29, 1.82) is 0 Å². The lowest BCUT2D eigenvalue weighted by atomic mass is 10.3. The number of nitrogens with one attached hydrogen (secondary N) is 1. The van der Waals surface area contributed by atoms with Crippen molar-refractivity contribution in [2.24, 2.45) is 7.05 Å². The Bertz CT molecular complexity index is 777. The number of nitrogens with two attached hydrogens (primary N) is 1. The SMILES string of the molecule is CC(NS(=O)(=O)c1cc(Cl)cc(N)c1Br)c1nncn1C. The van der Waals surface area contributed by atoms with E-state index in [9.17, 15) is 8.42 Å². The van der Waals surface area contributed by atoms with Crippen molar-refractivity contribution in [2.45, 2.75) is 17.9 Å². The van der Waals surface area contributed by atoms with Crippen LogP contribution in [0.2, 0.25) is 5.02 Å². The van der Waals surface area contributed by atoms with Crippen LogP contribution in [0.25, 0.3) is 0 Å². The summed E-state index contributed by atoms with van der Waals surface area (Å²) in [6.45, 7) is 1.67. The minimum Gasteiger partial charge on any atom is -0.398 e. The van der Waals surface area contributed by atoms with Crippen LogP contribution in [-0.2, 0) is 17.1 Å². The first-order chi connectivity index (χ1) is 9.72. The van der Waals surface area contributed by atoms with Gasteiger partial charge in [-0.3, -0.25) is 0 Å². The predicted octanol–water partition coefficient (Wildman–Crippen LogP) is 1.85. The summed E-state index contributed by atoms with van der Waals surface area (Å²) < 4.78 is 29.3. The molecule has 0 aliphatic heterocycles. The van der Waals surface area contributed by atoms with Crippen LogP contribution < -0.4 is 10.5 Å². The first-order valence-corrected chi connectivity index (χ1v) is 8.48. The van der Waals surface area contributed by atoms with Gasteiger partial charge in [0.2, 0.25) is 10.0 Å². The van der Waals surface area contributed by atoms with Crippen LogP contribution in [0.1, 0.15) is 18.8 Å². The first kappa shape index (κ1) is 16.2. The van der Waals surface area contributed by atoms with Crippen LogP contribution in [0.4, 0.5) is 5.69 Å². The Kier molecular flexibility index (Phi) is 4.57.